The van der Waals surface area contributed by atoms with E-state index >= 15 is 0 Å². The van der Waals surface area contributed by atoms with Crippen molar-refractivity contribution in [2.45, 2.75) is 31.7 Å². The fourth-order valence-corrected chi connectivity index (χ4v) is 4.40. The highest BCUT2D eigenvalue weighted by Crippen LogP contribution is 2.52. The first kappa shape index (κ1) is 11.4. The molecular weight excluding hydrogens is 232 g/mol. The molecule has 4 unspecified atom stereocenters. The summed E-state index contributed by atoms with van der Waals surface area (Å²) in [5.74, 6) is 2.52. The number of hydrogen-bond acceptors (Lipinski definition) is 2. The monoisotopic (exact) mass is 252 g/mol. The molecule has 98 valence electrons. The Morgan fingerprint density at radius 3 is 2.89 bits per heavy atom. The van der Waals surface area contributed by atoms with Crippen molar-refractivity contribution < 1.29 is 0 Å². The van der Waals surface area contributed by atoms with Crippen LogP contribution in [0, 0.1) is 17.8 Å². The molecule has 2 nitrogen and oxygen atoms in total. The van der Waals surface area contributed by atoms with Gasteiger partial charge in [0, 0.05) is 23.8 Å². The Morgan fingerprint density at radius 2 is 2.11 bits per heavy atom. The van der Waals surface area contributed by atoms with E-state index in [4.69, 9.17) is 5.73 Å². The standard InChI is InChI=1S/C17H20N2/c18-17(16-9-11-4-5-12(16)8-11)15-3-1-2-13-10-19-7-6-14(13)15/h1-3,6-7,10-12,16-17H,4-5,8-9,18H2. The zero-order valence-corrected chi connectivity index (χ0v) is 11.1. The van der Waals surface area contributed by atoms with Gasteiger partial charge in [0.25, 0.3) is 0 Å². The van der Waals surface area contributed by atoms with Gasteiger partial charge < -0.3 is 5.73 Å². The summed E-state index contributed by atoms with van der Waals surface area (Å²) in [6, 6.07) is 8.75. The van der Waals surface area contributed by atoms with E-state index in [0.29, 0.717) is 5.92 Å². The summed E-state index contributed by atoms with van der Waals surface area (Å²) < 4.78 is 0. The van der Waals surface area contributed by atoms with E-state index in [0.717, 1.165) is 11.8 Å². The average molecular weight is 252 g/mol. The van der Waals surface area contributed by atoms with E-state index in [1.807, 2.05) is 12.4 Å². The van der Waals surface area contributed by atoms with Gasteiger partial charge in [-0.1, -0.05) is 24.6 Å². The van der Waals surface area contributed by atoms with Crippen LogP contribution in [0.2, 0.25) is 0 Å². The number of rotatable bonds is 2. The van der Waals surface area contributed by atoms with Crippen LogP contribution >= 0.6 is 0 Å². The van der Waals surface area contributed by atoms with Crippen LogP contribution in [0.4, 0.5) is 0 Å². The lowest BCUT2D eigenvalue weighted by atomic mass is 9.80. The van der Waals surface area contributed by atoms with Gasteiger partial charge in [0.1, 0.15) is 0 Å². The zero-order chi connectivity index (χ0) is 12.8. The van der Waals surface area contributed by atoms with Gasteiger partial charge in [-0.3, -0.25) is 4.98 Å². The van der Waals surface area contributed by atoms with Crippen LogP contribution in [0.15, 0.2) is 36.7 Å². The lowest BCUT2D eigenvalue weighted by Gasteiger charge is -2.28. The van der Waals surface area contributed by atoms with Gasteiger partial charge >= 0.3 is 0 Å². The molecule has 0 spiro atoms. The Bertz CT molecular complexity index is 602. The highest BCUT2D eigenvalue weighted by molar-refractivity contribution is 5.85. The second-order valence-corrected chi connectivity index (χ2v) is 6.31. The average Bonchev–Trinajstić information content (AvgIpc) is 3.08. The summed E-state index contributed by atoms with van der Waals surface area (Å²) in [7, 11) is 0. The van der Waals surface area contributed by atoms with E-state index in [1.54, 1.807) is 0 Å². The van der Waals surface area contributed by atoms with Gasteiger partial charge in [0.05, 0.1) is 0 Å². The summed E-state index contributed by atoms with van der Waals surface area (Å²) in [6.45, 7) is 0. The predicted molar refractivity (Wildman–Crippen MR) is 77.6 cm³/mol. The summed E-state index contributed by atoms with van der Waals surface area (Å²) in [6.07, 6.45) is 9.41. The SMILES string of the molecule is NC(c1cccc2cnccc12)C1CC2CCC1C2. The van der Waals surface area contributed by atoms with Crippen LogP contribution in [0.1, 0.15) is 37.3 Å². The first-order valence-electron chi connectivity index (χ1n) is 7.41. The third kappa shape index (κ3) is 1.78. The normalized spacial score (nSPS) is 30.9. The molecule has 1 heterocycles. The molecule has 1 aromatic heterocycles. The van der Waals surface area contributed by atoms with Crippen LogP contribution in [-0.4, -0.2) is 4.98 Å². The van der Waals surface area contributed by atoms with Crippen LogP contribution in [-0.2, 0) is 0 Å². The summed E-state index contributed by atoms with van der Waals surface area (Å²) >= 11 is 0. The maximum Gasteiger partial charge on any atom is 0.0346 e. The molecule has 1 aromatic carbocycles. The van der Waals surface area contributed by atoms with Crippen molar-refractivity contribution in [1.82, 2.24) is 4.98 Å². The van der Waals surface area contributed by atoms with Gasteiger partial charge in [-0.15, -0.1) is 0 Å². The van der Waals surface area contributed by atoms with Gasteiger partial charge in [-0.05, 0) is 54.0 Å². The van der Waals surface area contributed by atoms with Gasteiger partial charge in [-0.2, -0.15) is 0 Å². The number of benzene rings is 1. The fourth-order valence-electron chi connectivity index (χ4n) is 4.40. The summed E-state index contributed by atoms with van der Waals surface area (Å²) in [4.78, 5) is 4.21. The molecule has 0 aliphatic heterocycles. The number of hydrogen-bond donors (Lipinski definition) is 1. The van der Waals surface area contributed by atoms with E-state index in [9.17, 15) is 0 Å². The number of nitrogens with zero attached hydrogens (tertiary/aromatic N) is 1. The molecule has 0 radical (unpaired) electrons. The Hall–Kier alpha value is -1.41. The van der Waals surface area contributed by atoms with Crippen LogP contribution in [0.25, 0.3) is 10.8 Å². The number of aromatic nitrogens is 1. The third-order valence-electron chi connectivity index (χ3n) is 5.33. The largest absolute Gasteiger partial charge is 0.324 e. The van der Waals surface area contributed by atoms with E-state index < -0.39 is 0 Å². The molecular formula is C17H20N2. The van der Waals surface area contributed by atoms with E-state index in [-0.39, 0.29) is 6.04 Å². The predicted octanol–water partition coefficient (Wildman–Crippen LogP) is 3.67. The van der Waals surface area contributed by atoms with E-state index in [1.165, 1.54) is 42.0 Å². The fraction of sp³-hybridized carbons (Fsp3) is 0.471. The molecule has 0 saturated heterocycles. The van der Waals surface area contributed by atoms with Gasteiger partial charge in [0.2, 0.25) is 0 Å². The minimum absolute atomic E-state index is 0.196. The summed E-state index contributed by atoms with van der Waals surface area (Å²) in [5.41, 5.74) is 7.95. The summed E-state index contributed by atoms with van der Waals surface area (Å²) in [5, 5.41) is 2.49. The van der Waals surface area contributed by atoms with E-state index in [2.05, 4.69) is 29.2 Å². The van der Waals surface area contributed by atoms with Crippen molar-refractivity contribution in [3.05, 3.63) is 42.2 Å². The van der Waals surface area contributed by atoms with Gasteiger partial charge in [-0.25, -0.2) is 0 Å². The molecule has 2 aliphatic rings. The van der Waals surface area contributed by atoms with Crippen molar-refractivity contribution in [3.63, 3.8) is 0 Å². The highest BCUT2D eigenvalue weighted by Gasteiger charge is 2.42. The molecule has 2 aliphatic carbocycles. The molecule has 2 heteroatoms. The second-order valence-electron chi connectivity index (χ2n) is 6.31. The topological polar surface area (TPSA) is 38.9 Å². The minimum atomic E-state index is 0.196. The maximum atomic E-state index is 6.63. The smallest absolute Gasteiger partial charge is 0.0346 e. The molecule has 2 fully saturated rings. The van der Waals surface area contributed by atoms with Gasteiger partial charge in [0.15, 0.2) is 0 Å². The zero-order valence-electron chi connectivity index (χ0n) is 11.1. The first-order valence-corrected chi connectivity index (χ1v) is 7.41. The molecule has 2 aromatic rings. The molecule has 4 rings (SSSR count). The Kier molecular flexibility index (Phi) is 2.59. The number of fused-ring (bicyclic) bond motifs is 3. The van der Waals surface area contributed by atoms with Crippen LogP contribution in [0.3, 0.4) is 0 Å². The minimum Gasteiger partial charge on any atom is -0.324 e. The Morgan fingerprint density at radius 1 is 1.16 bits per heavy atom. The Balaban J connectivity index is 1.74. The molecule has 0 amide bonds. The van der Waals surface area contributed by atoms with Crippen molar-refractivity contribution in [1.29, 1.82) is 0 Å². The number of pyridine rings is 1. The highest BCUT2D eigenvalue weighted by atomic mass is 14.7. The molecule has 4 atom stereocenters. The van der Waals surface area contributed by atoms with Crippen molar-refractivity contribution in [2.75, 3.05) is 0 Å². The lowest BCUT2D eigenvalue weighted by Crippen LogP contribution is -2.26. The van der Waals surface area contributed by atoms with Crippen LogP contribution < -0.4 is 5.73 Å². The number of nitrogens with two attached hydrogens (primary N) is 1. The maximum absolute atomic E-state index is 6.63. The Labute approximate surface area is 114 Å². The molecule has 2 saturated carbocycles. The second kappa shape index (κ2) is 4.31. The van der Waals surface area contributed by atoms with Crippen molar-refractivity contribution in [2.24, 2.45) is 23.5 Å². The van der Waals surface area contributed by atoms with Crippen molar-refractivity contribution >= 4 is 10.8 Å². The first-order chi connectivity index (χ1) is 9.33. The molecule has 2 bridgehead atoms. The molecule has 19 heavy (non-hydrogen) atoms. The third-order valence-corrected chi connectivity index (χ3v) is 5.33. The quantitative estimate of drug-likeness (QED) is 0.885. The molecule has 2 N–H and O–H groups in total. The van der Waals surface area contributed by atoms with Crippen molar-refractivity contribution in [3.8, 4) is 0 Å². The lowest BCUT2D eigenvalue weighted by molar-refractivity contribution is 0.285. The van der Waals surface area contributed by atoms with Crippen LogP contribution in [0.5, 0.6) is 0 Å².